The summed E-state index contributed by atoms with van der Waals surface area (Å²) in [7, 11) is 0. The molecule has 4 heteroatoms. The predicted molar refractivity (Wildman–Crippen MR) is 43.1 cm³/mol. The molecule has 0 amide bonds. The highest BCUT2D eigenvalue weighted by Crippen LogP contribution is 2.08. The quantitative estimate of drug-likeness (QED) is 0.713. The van der Waals surface area contributed by atoms with Crippen molar-refractivity contribution in [2.45, 2.75) is 20.3 Å². The van der Waals surface area contributed by atoms with E-state index >= 15 is 0 Å². The molecule has 1 N–H and O–H groups in total. The van der Waals surface area contributed by atoms with Crippen LogP contribution in [0, 0.1) is 6.92 Å². The maximum Gasteiger partial charge on any atom is 0.354 e. The molecular formula is C8H10N2O2. The molecule has 0 bridgehead atoms. The van der Waals surface area contributed by atoms with Crippen molar-refractivity contribution in [1.29, 1.82) is 0 Å². The van der Waals surface area contributed by atoms with Crippen LogP contribution in [0.4, 0.5) is 0 Å². The zero-order chi connectivity index (χ0) is 9.14. The van der Waals surface area contributed by atoms with Gasteiger partial charge in [0, 0.05) is 11.3 Å². The van der Waals surface area contributed by atoms with Crippen LogP contribution in [0.3, 0.4) is 0 Å². The van der Waals surface area contributed by atoms with E-state index < -0.39 is 5.97 Å². The average molecular weight is 166 g/mol. The first kappa shape index (κ1) is 8.64. The summed E-state index contributed by atoms with van der Waals surface area (Å²) in [5.74, 6) is -0.996. The number of carboxylic acids is 1. The van der Waals surface area contributed by atoms with Crippen LogP contribution in [0.5, 0.6) is 0 Å². The molecule has 0 aliphatic rings. The fourth-order valence-corrected chi connectivity index (χ4v) is 1.06. The number of hydrogen-bond donors (Lipinski definition) is 1. The Morgan fingerprint density at radius 2 is 2.25 bits per heavy atom. The highest BCUT2D eigenvalue weighted by molar-refractivity contribution is 5.87. The topological polar surface area (TPSA) is 63.1 Å². The van der Waals surface area contributed by atoms with Gasteiger partial charge in [0.1, 0.15) is 6.33 Å². The molecule has 0 spiro atoms. The van der Waals surface area contributed by atoms with Crippen LogP contribution in [0.25, 0.3) is 0 Å². The molecule has 4 nitrogen and oxygen atoms in total. The Balaban J connectivity index is 3.23. The number of carbonyl (C=O) groups is 1. The summed E-state index contributed by atoms with van der Waals surface area (Å²) in [5.41, 5.74) is 1.55. The number of aromatic nitrogens is 2. The highest BCUT2D eigenvalue weighted by atomic mass is 16.4. The van der Waals surface area contributed by atoms with E-state index in [1.165, 1.54) is 6.33 Å². The fourth-order valence-electron chi connectivity index (χ4n) is 1.06. The monoisotopic (exact) mass is 166 g/mol. The molecule has 1 heterocycles. The molecule has 0 aromatic carbocycles. The van der Waals surface area contributed by atoms with Crippen molar-refractivity contribution in [3.63, 3.8) is 0 Å². The minimum atomic E-state index is -0.996. The van der Waals surface area contributed by atoms with Gasteiger partial charge in [-0.15, -0.1) is 0 Å². The first-order valence-corrected chi connectivity index (χ1v) is 3.70. The lowest BCUT2D eigenvalue weighted by molar-refractivity contribution is 0.0689. The van der Waals surface area contributed by atoms with Crippen molar-refractivity contribution in [3.05, 3.63) is 23.3 Å². The molecule has 1 aromatic heterocycles. The van der Waals surface area contributed by atoms with Gasteiger partial charge in [-0.1, -0.05) is 6.92 Å². The molecule has 0 saturated heterocycles. The zero-order valence-corrected chi connectivity index (χ0v) is 7.03. The van der Waals surface area contributed by atoms with E-state index in [0.717, 1.165) is 12.1 Å². The predicted octanol–water partition coefficient (Wildman–Crippen LogP) is 1.05. The summed E-state index contributed by atoms with van der Waals surface area (Å²) in [6.07, 6.45) is 2.02. The van der Waals surface area contributed by atoms with Crippen LogP contribution < -0.4 is 0 Å². The number of carboxylic acid groups (broad SMARTS) is 1. The molecule has 0 aliphatic carbocycles. The van der Waals surface area contributed by atoms with Gasteiger partial charge in [-0.3, -0.25) is 0 Å². The standard InChI is InChI=1S/C8H10N2O2/c1-3-6-5(2)7(8(11)12)10-4-9-6/h4H,3H2,1-2H3,(H,11,12). The van der Waals surface area contributed by atoms with Crippen molar-refractivity contribution in [1.82, 2.24) is 9.97 Å². The van der Waals surface area contributed by atoms with Gasteiger partial charge in [-0.05, 0) is 13.3 Å². The van der Waals surface area contributed by atoms with Crippen LogP contribution in [0.2, 0.25) is 0 Å². The van der Waals surface area contributed by atoms with E-state index in [0.29, 0.717) is 5.56 Å². The van der Waals surface area contributed by atoms with Crippen molar-refractivity contribution in [3.8, 4) is 0 Å². The number of hydrogen-bond acceptors (Lipinski definition) is 3. The van der Waals surface area contributed by atoms with Gasteiger partial charge >= 0.3 is 5.97 Å². The fraction of sp³-hybridized carbons (Fsp3) is 0.375. The van der Waals surface area contributed by atoms with Gasteiger partial charge in [0.15, 0.2) is 5.69 Å². The Hall–Kier alpha value is -1.45. The first-order chi connectivity index (χ1) is 5.66. The van der Waals surface area contributed by atoms with E-state index in [4.69, 9.17) is 5.11 Å². The number of aromatic carboxylic acids is 1. The number of nitrogens with zero attached hydrogens (tertiary/aromatic N) is 2. The van der Waals surface area contributed by atoms with Gasteiger partial charge in [0.2, 0.25) is 0 Å². The Labute approximate surface area is 70.3 Å². The summed E-state index contributed by atoms with van der Waals surface area (Å²) < 4.78 is 0. The van der Waals surface area contributed by atoms with E-state index in [-0.39, 0.29) is 5.69 Å². The lowest BCUT2D eigenvalue weighted by atomic mass is 10.1. The minimum Gasteiger partial charge on any atom is -0.477 e. The molecular weight excluding hydrogens is 156 g/mol. The Bertz CT molecular complexity index is 310. The van der Waals surface area contributed by atoms with Crippen molar-refractivity contribution in [2.24, 2.45) is 0 Å². The third kappa shape index (κ3) is 1.42. The summed E-state index contributed by atoms with van der Waals surface area (Å²) in [5, 5.41) is 8.70. The summed E-state index contributed by atoms with van der Waals surface area (Å²) in [6.45, 7) is 3.66. The Morgan fingerprint density at radius 1 is 1.58 bits per heavy atom. The smallest absolute Gasteiger partial charge is 0.354 e. The SMILES string of the molecule is CCc1ncnc(C(=O)O)c1C. The lowest BCUT2D eigenvalue weighted by Gasteiger charge is -2.02. The second kappa shape index (κ2) is 3.30. The second-order valence-corrected chi connectivity index (χ2v) is 2.45. The maximum atomic E-state index is 10.6. The van der Waals surface area contributed by atoms with Gasteiger partial charge < -0.3 is 5.11 Å². The van der Waals surface area contributed by atoms with E-state index in [1.54, 1.807) is 6.92 Å². The molecule has 64 valence electrons. The largest absolute Gasteiger partial charge is 0.477 e. The molecule has 1 aromatic rings. The van der Waals surface area contributed by atoms with Crippen LogP contribution in [0.15, 0.2) is 6.33 Å². The van der Waals surface area contributed by atoms with Crippen molar-refractivity contribution < 1.29 is 9.90 Å². The molecule has 0 atom stereocenters. The molecule has 0 fully saturated rings. The molecule has 0 radical (unpaired) electrons. The van der Waals surface area contributed by atoms with Crippen LogP contribution >= 0.6 is 0 Å². The van der Waals surface area contributed by atoms with Gasteiger partial charge in [-0.2, -0.15) is 0 Å². The van der Waals surface area contributed by atoms with Crippen molar-refractivity contribution in [2.75, 3.05) is 0 Å². The third-order valence-electron chi connectivity index (χ3n) is 1.73. The Morgan fingerprint density at radius 3 is 2.75 bits per heavy atom. The number of rotatable bonds is 2. The van der Waals surface area contributed by atoms with Crippen molar-refractivity contribution >= 4 is 5.97 Å². The molecule has 0 saturated carbocycles. The summed E-state index contributed by atoms with van der Waals surface area (Å²) >= 11 is 0. The van der Waals surface area contributed by atoms with Crippen LogP contribution in [0.1, 0.15) is 28.7 Å². The van der Waals surface area contributed by atoms with E-state index in [9.17, 15) is 4.79 Å². The second-order valence-electron chi connectivity index (χ2n) is 2.45. The van der Waals surface area contributed by atoms with Gasteiger partial charge in [-0.25, -0.2) is 14.8 Å². The van der Waals surface area contributed by atoms with E-state index in [2.05, 4.69) is 9.97 Å². The highest BCUT2D eigenvalue weighted by Gasteiger charge is 2.11. The Kier molecular flexibility index (Phi) is 2.38. The normalized spacial score (nSPS) is 9.83. The van der Waals surface area contributed by atoms with Gasteiger partial charge in [0.25, 0.3) is 0 Å². The minimum absolute atomic E-state index is 0.0989. The summed E-state index contributed by atoms with van der Waals surface area (Å²) in [4.78, 5) is 18.2. The number of aryl methyl sites for hydroxylation is 1. The molecule has 12 heavy (non-hydrogen) atoms. The lowest BCUT2D eigenvalue weighted by Crippen LogP contribution is -2.07. The molecule has 0 aliphatic heterocycles. The average Bonchev–Trinajstić information content (AvgIpc) is 2.04. The van der Waals surface area contributed by atoms with Crippen LogP contribution in [-0.4, -0.2) is 21.0 Å². The third-order valence-corrected chi connectivity index (χ3v) is 1.73. The molecule has 1 rings (SSSR count). The summed E-state index contributed by atoms with van der Waals surface area (Å²) in [6, 6.07) is 0. The van der Waals surface area contributed by atoms with Gasteiger partial charge in [0.05, 0.1) is 0 Å². The molecule has 0 unspecified atom stereocenters. The van der Waals surface area contributed by atoms with E-state index in [1.807, 2.05) is 6.92 Å². The zero-order valence-electron chi connectivity index (χ0n) is 7.03. The first-order valence-electron chi connectivity index (χ1n) is 3.70. The maximum absolute atomic E-state index is 10.6. The van der Waals surface area contributed by atoms with Crippen LogP contribution in [-0.2, 0) is 6.42 Å².